The summed E-state index contributed by atoms with van der Waals surface area (Å²) >= 11 is 0. The van der Waals surface area contributed by atoms with Crippen LogP contribution in [0.15, 0.2) is 18.2 Å². The van der Waals surface area contributed by atoms with Crippen LogP contribution in [0.1, 0.15) is 18.1 Å². The molecule has 3 nitrogen and oxygen atoms in total. The summed E-state index contributed by atoms with van der Waals surface area (Å²) in [5.74, 6) is -2.32. The van der Waals surface area contributed by atoms with E-state index in [4.69, 9.17) is 0 Å². The van der Waals surface area contributed by atoms with Crippen molar-refractivity contribution in [1.82, 2.24) is 5.32 Å². The fraction of sp³-hybridized carbons (Fsp3) is 0.462. The largest absolute Gasteiger partial charge is 0.481 e. The average Bonchev–Trinajstić information content (AvgIpc) is 2.41. The first kappa shape index (κ1) is 20.9. The Balaban J connectivity index is 3.02. The summed E-state index contributed by atoms with van der Waals surface area (Å²) < 4.78 is 116. The number of hydrogen-bond donors (Lipinski definition) is 1. The SMILES string of the molecule is CC(Oc1cc(C(F)(F)F)cc(C(F)(F)F)c1)C(=O)NCC(F)(F)F. The Morgan fingerprint density at radius 1 is 0.960 bits per heavy atom. The smallest absolute Gasteiger partial charge is 0.416 e. The number of benzene rings is 1. The standard InChI is InChI=1S/C13H10F9NO2/c1-6(10(24)23-5-11(14,15)16)25-9-3-7(12(17,18)19)2-8(4-9)13(20,21)22/h2-4,6H,5H2,1H3,(H,23,24). The lowest BCUT2D eigenvalue weighted by molar-refractivity contribution is -0.144. The molecule has 1 unspecified atom stereocenters. The van der Waals surface area contributed by atoms with Gasteiger partial charge in [0.05, 0.1) is 11.1 Å². The molecule has 0 spiro atoms. The first-order valence-electron chi connectivity index (χ1n) is 6.40. The lowest BCUT2D eigenvalue weighted by atomic mass is 10.1. The molecular formula is C13H10F9NO2. The Morgan fingerprint density at radius 2 is 1.40 bits per heavy atom. The second-order valence-electron chi connectivity index (χ2n) is 4.83. The molecule has 1 aromatic rings. The normalized spacial score (nSPS) is 14.2. The molecule has 25 heavy (non-hydrogen) atoms. The maximum Gasteiger partial charge on any atom is 0.416 e. The molecule has 0 fully saturated rings. The number of carbonyl (C=O) groups excluding carboxylic acids is 1. The molecule has 1 rings (SSSR count). The molecule has 12 heteroatoms. The number of ether oxygens (including phenoxy) is 1. The zero-order valence-electron chi connectivity index (χ0n) is 12.2. The molecule has 0 saturated heterocycles. The Labute approximate surface area is 134 Å². The van der Waals surface area contributed by atoms with Gasteiger partial charge in [0, 0.05) is 0 Å². The summed E-state index contributed by atoms with van der Waals surface area (Å²) in [5, 5.41) is 1.40. The number of hydrogen-bond acceptors (Lipinski definition) is 2. The zero-order valence-corrected chi connectivity index (χ0v) is 12.2. The molecule has 0 heterocycles. The van der Waals surface area contributed by atoms with Gasteiger partial charge in [-0.1, -0.05) is 0 Å². The summed E-state index contributed by atoms with van der Waals surface area (Å²) in [6, 6.07) is 0.271. The minimum absolute atomic E-state index is 0.152. The molecule has 0 bridgehead atoms. The van der Waals surface area contributed by atoms with E-state index in [-0.39, 0.29) is 18.2 Å². The monoisotopic (exact) mass is 383 g/mol. The fourth-order valence-corrected chi connectivity index (χ4v) is 1.58. The molecule has 142 valence electrons. The molecule has 1 aromatic carbocycles. The zero-order chi connectivity index (χ0) is 19.6. The molecule has 0 aliphatic rings. The Bertz CT molecular complexity index is 587. The van der Waals surface area contributed by atoms with Crippen molar-refractivity contribution >= 4 is 5.91 Å². The third kappa shape index (κ3) is 6.70. The van der Waals surface area contributed by atoms with Crippen LogP contribution in [0.3, 0.4) is 0 Å². The minimum atomic E-state index is -5.12. The van der Waals surface area contributed by atoms with Crippen LogP contribution in [0.4, 0.5) is 39.5 Å². The number of alkyl halides is 9. The highest BCUT2D eigenvalue weighted by atomic mass is 19.4. The van der Waals surface area contributed by atoms with E-state index in [1.54, 1.807) is 0 Å². The Hall–Kier alpha value is -2.14. The molecule has 0 saturated carbocycles. The molecule has 0 aliphatic carbocycles. The average molecular weight is 383 g/mol. The van der Waals surface area contributed by atoms with Gasteiger partial charge in [-0.25, -0.2) is 0 Å². The highest BCUT2D eigenvalue weighted by Gasteiger charge is 2.37. The molecule has 1 atom stereocenters. The van der Waals surface area contributed by atoms with Crippen molar-refractivity contribution in [2.75, 3.05) is 6.54 Å². The first-order chi connectivity index (χ1) is 11.1. The van der Waals surface area contributed by atoms with Crippen LogP contribution in [0, 0.1) is 0 Å². The van der Waals surface area contributed by atoms with Crippen LogP contribution in [0.25, 0.3) is 0 Å². The van der Waals surface area contributed by atoms with Crippen molar-refractivity contribution in [3.05, 3.63) is 29.3 Å². The van der Waals surface area contributed by atoms with Gasteiger partial charge in [0.15, 0.2) is 6.10 Å². The quantitative estimate of drug-likeness (QED) is 0.793. The van der Waals surface area contributed by atoms with Crippen LogP contribution in [-0.4, -0.2) is 24.7 Å². The van der Waals surface area contributed by atoms with Crippen molar-refractivity contribution in [2.45, 2.75) is 31.6 Å². The van der Waals surface area contributed by atoms with E-state index < -0.39 is 54.0 Å². The number of halogens is 9. The predicted molar refractivity (Wildman–Crippen MR) is 65.6 cm³/mol. The minimum Gasteiger partial charge on any atom is -0.481 e. The van der Waals surface area contributed by atoms with Gasteiger partial charge in [0.2, 0.25) is 0 Å². The molecule has 0 aromatic heterocycles. The van der Waals surface area contributed by atoms with E-state index in [2.05, 4.69) is 4.74 Å². The topological polar surface area (TPSA) is 38.3 Å². The van der Waals surface area contributed by atoms with Gasteiger partial charge in [-0.2, -0.15) is 39.5 Å². The van der Waals surface area contributed by atoms with E-state index in [0.29, 0.717) is 0 Å². The van der Waals surface area contributed by atoms with Crippen LogP contribution in [0.5, 0.6) is 5.75 Å². The Kier molecular flexibility index (Phi) is 5.85. The summed E-state index contributed by atoms with van der Waals surface area (Å²) in [7, 11) is 0. The van der Waals surface area contributed by atoms with Crippen LogP contribution >= 0.6 is 0 Å². The number of carbonyl (C=O) groups is 1. The van der Waals surface area contributed by atoms with Gasteiger partial charge in [-0.05, 0) is 25.1 Å². The van der Waals surface area contributed by atoms with E-state index in [1.165, 1.54) is 5.32 Å². The van der Waals surface area contributed by atoms with Gasteiger partial charge in [-0.3, -0.25) is 4.79 Å². The highest BCUT2D eigenvalue weighted by molar-refractivity contribution is 5.80. The van der Waals surface area contributed by atoms with E-state index in [9.17, 15) is 44.3 Å². The summed E-state index contributed by atoms with van der Waals surface area (Å²) in [6.45, 7) is -0.852. The number of rotatable bonds is 4. The van der Waals surface area contributed by atoms with Gasteiger partial charge < -0.3 is 10.1 Å². The fourth-order valence-electron chi connectivity index (χ4n) is 1.58. The summed E-state index contributed by atoms with van der Waals surface area (Å²) in [4.78, 5) is 11.4. The maximum absolute atomic E-state index is 12.7. The van der Waals surface area contributed by atoms with Gasteiger partial charge in [0.25, 0.3) is 5.91 Å². The van der Waals surface area contributed by atoms with E-state index >= 15 is 0 Å². The molecule has 0 aliphatic heterocycles. The molecule has 1 N–H and O–H groups in total. The van der Waals surface area contributed by atoms with Crippen molar-refractivity contribution in [2.24, 2.45) is 0 Å². The van der Waals surface area contributed by atoms with Crippen LogP contribution in [0.2, 0.25) is 0 Å². The van der Waals surface area contributed by atoms with E-state index in [0.717, 1.165) is 6.92 Å². The van der Waals surface area contributed by atoms with Crippen molar-refractivity contribution < 1.29 is 49.0 Å². The molecular weight excluding hydrogens is 373 g/mol. The van der Waals surface area contributed by atoms with Gasteiger partial charge in [0.1, 0.15) is 12.3 Å². The van der Waals surface area contributed by atoms with Crippen molar-refractivity contribution in [1.29, 1.82) is 0 Å². The third-order valence-corrected chi connectivity index (χ3v) is 2.71. The second kappa shape index (κ2) is 7.00. The van der Waals surface area contributed by atoms with Gasteiger partial charge >= 0.3 is 18.5 Å². The van der Waals surface area contributed by atoms with Gasteiger partial charge in [-0.15, -0.1) is 0 Å². The lowest BCUT2D eigenvalue weighted by Crippen LogP contribution is -2.41. The van der Waals surface area contributed by atoms with Crippen LogP contribution < -0.4 is 10.1 Å². The summed E-state index contributed by atoms with van der Waals surface area (Å²) in [6.07, 6.45) is -16.7. The lowest BCUT2D eigenvalue weighted by Gasteiger charge is -2.18. The maximum atomic E-state index is 12.7. The first-order valence-corrected chi connectivity index (χ1v) is 6.40. The van der Waals surface area contributed by atoms with E-state index in [1.807, 2.05) is 0 Å². The number of amides is 1. The second-order valence-corrected chi connectivity index (χ2v) is 4.83. The van der Waals surface area contributed by atoms with Crippen LogP contribution in [-0.2, 0) is 17.1 Å². The Morgan fingerprint density at radius 3 is 1.76 bits per heavy atom. The molecule has 1 amide bonds. The molecule has 0 radical (unpaired) electrons. The summed E-state index contributed by atoms with van der Waals surface area (Å²) in [5.41, 5.74) is -3.36. The van der Waals surface area contributed by atoms with Crippen molar-refractivity contribution in [3.63, 3.8) is 0 Å². The highest BCUT2D eigenvalue weighted by Crippen LogP contribution is 2.38. The van der Waals surface area contributed by atoms with Crippen molar-refractivity contribution in [3.8, 4) is 5.75 Å². The third-order valence-electron chi connectivity index (χ3n) is 2.71. The predicted octanol–water partition coefficient (Wildman–Crippen LogP) is 4.17. The number of nitrogens with one attached hydrogen (secondary N) is 1.